The highest BCUT2D eigenvalue weighted by Crippen LogP contribution is 2.21. The number of nitriles is 1. The summed E-state index contributed by atoms with van der Waals surface area (Å²) in [6.07, 6.45) is 2.80. The minimum absolute atomic E-state index is 0.244. The molecule has 0 aromatic rings. The number of nitrogens with two attached hydrogens (primary N) is 1. The van der Waals surface area contributed by atoms with Crippen molar-refractivity contribution >= 4 is 10.8 Å². The van der Waals surface area contributed by atoms with Gasteiger partial charge in [0.1, 0.15) is 0 Å². The van der Waals surface area contributed by atoms with Crippen LogP contribution in [0, 0.1) is 22.7 Å². The number of rotatable bonds is 8. The minimum atomic E-state index is -0.743. The summed E-state index contributed by atoms with van der Waals surface area (Å²) in [5.41, 5.74) is 5.24. The predicted molar refractivity (Wildman–Crippen MR) is 69.3 cm³/mol. The second-order valence-electron chi connectivity index (χ2n) is 5.10. The van der Waals surface area contributed by atoms with Crippen LogP contribution in [0.5, 0.6) is 0 Å². The van der Waals surface area contributed by atoms with Crippen molar-refractivity contribution in [1.29, 1.82) is 5.26 Å². The highest BCUT2D eigenvalue weighted by molar-refractivity contribution is 7.84. The van der Waals surface area contributed by atoms with Crippen LogP contribution in [-0.4, -0.2) is 22.3 Å². The third-order valence-electron chi connectivity index (χ3n) is 2.60. The van der Waals surface area contributed by atoms with Crippen LogP contribution in [-0.2, 0) is 10.8 Å². The molecule has 94 valence electrons. The van der Waals surface area contributed by atoms with Crippen LogP contribution in [0.15, 0.2) is 0 Å². The van der Waals surface area contributed by atoms with Crippen molar-refractivity contribution < 1.29 is 4.21 Å². The van der Waals surface area contributed by atoms with Gasteiger partial charge in [-0.05, 0) is 39.2 Å². The largest absolute Gasteiger partial charge is 0.330 e. The van der Waals surface area contributed by atoms with Crippen LogP contribution in [0.3, 0.4) is 0 Å². The van der Waals surface area contributed by atoms with E-state index in [1.807, 2.05) is 20.8 Å². The first-order valence-corrected chi connectivity index (χ1v) is 7.36. The molecule has 0 saturated heterocycles. The van der Waals surface area contributed by atoms with E-state index in [1.54, 1.807) is 0 Å². The zero-order valence-corrected chi connectivity index (χ0v) is 11.5. The zero-order valence-electron chi connectivity index (χ0n) is 10.7. The van der Waals surface area contributed by atoms with Gasteiger partial charge in [-0.1, -0.05) is 13.3 Å². The molecule has 0 saturated carbocycles. The number of nitrogens with zero attached hydrogens (tertiary/aromatic N) is 1. The van der Waals surface area contributed by atoms with Crippen molar-refractivity contribution in [3.05, 3.63) is 0 Å². The van der Waals surface area contributed by atoms with Crippen LogP contribution < -0.4 is 5.73 Å². The van der Waals surface area contributed by atoms with E-state index < -0.39 is 10.8 Å². The van der Waals surface area contributed by atoms with Crippen LogP contribution in [0.1, 0.15) is 40.0 Å². The molecule has 0 fully saturated rings. The maximum Gasteiger partial charge on any atom is 0.0683 e. The fourth-order valence-corrected chi connectivity index (χ4v) is 2.82. The Morgan fingerprint density at radius 3 is 2.56 bits per heavy atom. The molecule has 0 rings (SSSR count). The van der Waals surface area contributed by atoms with E-state index in [1.165, 1.54) is 0 Å². The molecule has 0 spiro atoms. The first-order chi connectivity index (χ1) is 7.41. The maximum absolute atomic E-state index is 11.6. The monoisotopic (exact) mass is 244 g/mol. The van der Waals surface area contributed by atoms with Crippen LogP contribution in [0.2, 0.25) is 0 Å². The minimum Gasteiger partial charge on any atom is -0.330 e. The van der Waals surface area contributed by atoms with Crippen LogP contribution in [0.25, 0.3) is 0 Å². The molecule has 4 heteroatoms. The van der Waals surface area contributed by atoms with Gasteiger partial charge in [-0.25, -0.2) is 0 Å². The van der Waals surface area contributed by atoms with Crippen molar-refractivity contribution in [1.82, 2.24) is 0 Å². The lowest BCUT2D eigenvalue weighted by Gasteiger charge is -2.14. The topological polar surface area (TPSA) is 66.9 Å². The van der Waals surface area contributed by atoms with Crippen molar-refractivity contribution in [2.75, 3.05) is 18.1 Å². The average molecular weight is 244 g/mol. The van der Waals surface area contributed by atoms with Gasteiger partial charge < -0.3 is 5.73 Å². The third-order valence-corrected chi connectivity index (χ3v) is 4.28. The third kappa shape index (κ3) is 7.84. The smallest absolute Gasteiger partial charge is 0.0683 e. The second-order valence-corrected chi connectivity index (χ2v) is 6.73. The molecule has 0 aliphatic rings. The Balaban J connectivity index is 3.60. The van der Waals surface area contributed by atoms with Crippen molar-refractivity contribution in [2.24, 2.45) is 17.1 Å². The van der Waals surface area contributed by atoms with Crippen LogP contribution >= 0.6 is 0 Å². The average Bonchev–Trinajstić information content (AvgIpc) is 2.24. The van der Waals surface area contributed by atoms with Gasteiger partial charge in [0.15, 0.2) is 0 Å². The normalized spacial score (nSPS) is 15.4. The molecule has 0 radical (unpaired) electrons. The van der Waals surface area contributed by atoms with Gasteiger partial charge in [-0.2, -0.15) is 5.26 Å². The number of hydrogen-bond acceptors (Lipinski definition) is 3. The van der Waals surface area contributed by atoms with E-state index in [0.717, 1.165) is 25.0 Å². The summed E-state index contributed by atoms with van der Waals surface area (Å²) < 4.78 is 11.6. The molecule has 2 unspecified atom stereocenters. The lowest BCUT2D eigenvalue weighted by atomic mass is 9.89. The fourth-order valence-electron chi connectivity index (χ4n) is 1.35. The molecular weight excluding hydrogens is 220 g/mol. The summed E-state index contributed by atoms with van der Waals surface area (Å²) in [6.45, 7) is 6.52. The van der Waals surface area contributed by atoms with E-state index in [2.05, 4.69) is 6.07 Å². The van der Waals surface area contributed by atoms with E-state index in [9.17, 15) is 4.21 Å². The van der Waals surface area contributed by atoms with Crippen molar-refractivity contribution in [2.45, 2.75) is 40.0 Å². The highest BCUT2D eigenvalue weighted by atomic mass is 32.2. The Kier molecular flexibility index (Phi) is 7.61. The lowest BCUT2D eigenvalue weighted by molar-refractivity contribution is 0.432. The van der Waals surface area contributed by atoms with Gasteiger partial charge in [0.05, 0.1) is 11.5 Å². The molecule has 0 aliphatic carbocycles. The predicted octanol–water partition coefficient (Wildman–Crippen LogP) is 2.05. The van der Waals surface area contributed by atoms with Gasteiger partial charge in [0.25, 0.3) is 0 Å². The number of unbranched alkanes of at least 4 members (excludes halogenated alkanes) is 1. The molecular formula is C12H24N2OS. The van der Waals surface area contributed by atoms with Crippen molar-refractivity contribution in [3.8, 4) is 6.07 Å². The molecule has 0 heterocycles. The summed E-state index contributed by atoms with van der Waals surface area (Å²) in [4.78, 5) is 0. The lowest BCUT2D eigenvalue weighted by Crippen LogP contribution is -2.19. The molecule has 0 aliphatic heterocycles. The fraction of sp³-hybridized carbons (Fsp3) is 0.917. The van der Waals surface area contributed by atoms with Gasteiger partial charge in [0, 0.05) is 22.3 Å². The first kappa shape index (κ1) is 15.6. The Labute approximate surface area is 102 Å². The summed E-state index contributed by atoms with van der Waals surface area (Å²) in [7, 11) is -0.743. The zero-order chi connectivity index (χ0) is 12.6. The maximum atomic E-state index is 11.6. The summed E-state index contributed by atoms with van der Waals surface area (Å²) in [5, 5.41) is 8.83. The Hall–Kier alpha value is -0.400. The van der Waals surface area contributed by atoms with Crippen molar-refractivity contribution in [3.63, 3.8) is 0 Å². The summed E-state index contributed by atoms with van der Waals surface area (Å²) in [6, 6.07) is 2.28. The van der Waals surface area contributed by atoms with E-state index in [-0.39, 0.29) is 5.41 Å². The second kappa shape index (κ2) is 7.81. The van der Waals surface area contributed by atoms with Gasteiger partial charge in [0.2, 0.25) is 0 Å². The molecule has 0 aromatic heterocycles. The van der Waals surface area contributed by atoms with Crippen LogP contribution in [0.4, 0.5) is 0 Å². The quantitative estimate of drug-likeness (QED) is 0.664. The standard InChI is InChI=1S/C12H24N2OS/c1-11(8-13)9-16(15)7-5-4-6-12(2,3)10-14/h11H,4-9,13H2,1-3H3. The van der Waals surface area contributed by atoms with Gasteiger partial charge in [-0.15, -0.1) is 0 Å². The molecule has 2 N–H and O–H groups in total. The summed E-state index contributed by atoms with van der Waals surface area (Å²) in [5.74, 6) is 1.79. The summed E-state index contributed by atoms with van der Waals surface area (Å²) >= 11 is 0. The Morgan fingerprint density at radius 1 is 1.44 bits per heavy atom. The molecule has 0 amide bonds. The Bertz CT molecular complexity index is 258. The Morgan fingerprint density at radius 2 is 2.06 bits per heavy atom. The molecule has 2 atom stereocenters. The van der Waals surface area contributed by atoms with Gasteiger partial charge in [-0.3, -0.25) is 4.21 Å². The highest BCUT2D eigenvalue weighted by Gasteiger charge is 2.15. The van der Waals surface area contributed by atoms with E-state index >= 15 is 0 Å². The molecule has 0 bridgehead atoms. The first-order valence-electron chi connectivity index (χ1n) is 5.87. The molecule has 16 heavy (non-hydrogen) atoms. The van der Waals surface area contributed by atoms with E-state index in [0.29, 0.717) is 18.2 Å². The number of hydrogen-bond donors (Lipinski definition) is 1. The van der Waals surface area contributed by atoms with E-state index in [4.69, 9.17) is 11.0 Å². The van der Waals surface area contributed by atoms with Gasteiger partial charge >= 0.3 is 0 Å². The molecule has 3 nitrogen and oxygen atoms in total. The SMILES string of the molecule is CC(CN)CS(=O)CCCCC(C)(C)C#N. The molecule has 0 aromatic carbocycles.